The second kappa shape index (κ2) is 12.6. The molecule has 0 aromatic heterocycles. The molecule has 0 bridgehead atoms. The van der Waals surface area contributed by atoms with Crippen molar-refractivity contribution >= 4 is 5.91 Å². The van der Waals surface area contributed by atoms with E-state index in [2.05, 4.69) is 54.2 Å². The highest BCUT2D eigenvalue weighted by Crippen LogP contribution is 2.39. The first-order chi connectivity index (χ1) is 17.4. The molecule has 0 aliphatic carbocycles. The Hall–Kier alpha value is -2.57. The first kappa shape index (κ1) is 26.5. The molecule has 36 heavy (non-hydrogen) atoms. The second-order valence-electron chi connectivity index (χ2n) is 10.7. The zero-order valence-electron chi connectivity index (χ0n) is 22.4. The van der Waals surface area contributed by atoms with Gasteiger partial charge in [0.25, 0.3) is 0 Å². The van der Waals surface area contributed by atoms with Crippen LogP contribution in [0.3, 0.4) is 0 Å². The first-order valence-corrected chi connectivity index (χ1v) is 13.5. The number of ether oxygens (including phenoxy) is 2. The lowest BCUT2D eigenvalue weighted by molar-refractivity contribution is -0.145. The van der Waals surface area contributed by atoms with Crippen molar-refractivity contribution in [1.82, 2.24) is 14.7 Å². The lowest BCUT2D eigenvalue weighted by Gasteiger charge is -2.43. The molecule has 0 saturated carbocycles. The molecule has 1 fully saturated rings. The van der Waals surface area contributed by atoms with Gasteiger partial charge in [0.05, 0.1) is 12.0 Å². The molecular formula is C30H43N3O3. The van der Waals surface area contributed by atoms with Crippen LogP contribution in [0.2, 0.25) is 0 Å². The molecule has 0 N–H and O–H groups in total. The van der Waals surface area contributed by atoms with Crippen LogP contribution in [0.15, 0.2) is 48.5 Å². The zero-order valence-corrected chi connectivity index (χ0v) is 22.4. The van der Waals surface area contributed by atoms with Crippen LogP contribution in [0.4, 0.5) is 0 Å². The predicted molar refractivity (Wildman–Crippen MR) is 145 cm³/mol. The fourth-order valence-electron chi connectivity index (χ4n) is 5.48. The van der Waals surface area contributed by atoms with E-state index in [0.29, 0.717) is 25.7 Å². The maximum atomic E-state index is 13.7. The Morgan fingerprint density at radius 1 is 1.00 bits per heavy atom. The van der Waals surface area contributed by atoms with Crippen molar-refractivity contribution in [3.05, 3.63) is 59.7 Å². The van der Waals surface area contributed by atoms with Gasteiger partial charge in [0.2, 0.25) is 5.91 Å². The summed E-state index contributed by atoms with van der Waals surface area (Å²) in [5.41, 5.74) is 2.30. The quantitative estimate of drug-likeness (QED) is 0.594. The summed E-state index contributed by atoms with van der Waals surface area (Å²) in [6.45, 7) is 5.55. The van der Waals surface area contributed by atoms with E-state index in [1.165, 1.54) is 11.1 Å². The smallest absolute Gasteiger partial charge is 0.228 e. The molecule has 1 saturated heterocycles. The zero-order chi connectivity index (χ0) is 25.4. The van der Waals surface area contributed by atoms with Crippen molar-refractivity contribution < 1.29 is 14.3 Å². The normalized spacial score (nSPS) is 19.3. The average Bonchev–Trinajstić information content (AvgIpc) is 2.87. The third-order valence-electron chi connectivity index (χ3n) is 7.73. The van der Waals surface area contributed by atoms with E-state index in [-0.39, 0.29) is 5.41 Å². The van der Waals surface area contributed by atoms with Crippen molar-refractivity contribution in [2.24, 2.45) is 5.41 Å². The number of carbonyl (C=O) groups is 1. The third-order valence-corrected chi connectivity index (χ3v) is 7.73. The van der Waals surface area contributed by atoms with Crippen LogP contribution in [0.5, 0.6) is 11.5 Å². The molecule has 6 nitrogen and oxygen atoms in total. The van der Waals surface area contributed by atoms with Crippen LogP contribution in [0, 0.1) is 5.41 Å². The van der Waals surface area contributed by atoms with Crippen LogP contribution in [0.1, 0.15) is 43.2 Å². The second-order valence-corrected chi connectivity index (χ2v) is 10.7. The van der Waals surface area contributed by atoms with E-state index >= 15 is 0 Å². The molecule has 4 rings (SSSR count). The number of nitrogens with zero attached hydrogens (tertiary/aromatic N) is 3. The summed E-state index contributed by atoms with van der Waals surface area (Å²) >= 11 is 0. The molecule has 0 unspecified atom stereocenters. The highest BCUT2D eigenvalue weighted by molar-refractivity contribution is 5.82. The molecular weight excluding hydrogens is 450 g/mol. The van der Waals surface area contributed by atoms with Gasteiger partial charge < -0.3 is 19.3 Å². The Bertz CT molecular complexity index is 985. The number of rotatable bonds is 6. The Morgan fingerprint density at radius 2 is 1.81 bits per heavy atom. The number of likely N-dealkylation sites (tertiary alicyclic amines) is 1. The van der Waals surface area contributed by atoms with Gasteiger partial charge in [0.15, 0.2) is 0 Å². The Morgan fingerprint density at radius 3 is 2.61 bits per heavy atom. The minimum atomic E-state index is -0.249. The van der Waals surface area contributed by atoms with Crippen LogP contribution in [-0.2, 0) is 17.8 Å². The minimum Gasteiger partial charge on any atom is -0.492 e. The molecule has 2 aromatic carbocycles. The summed E-state index contributed by atoms with van der Waals surface area (Å²) in [6, 6.07) is 16.8. The van der Waals surface area contributed by atoms with Gasteiger partial charge >= 0.3 is 0 Å². The van der Waals surface area contributed by atoms with Gasteiger partial charge in [-0.3, -0.25) is 9.69 Å². The Kier molecular flexibility index (Phi) is 9.27. The number of para-hydroxylation sites is 1. The summed E-state index contributed by atoms with van der Waals surface area (Å²) in [5.74, 6) is 2.20. The lowest BCUT2D eigenvalue weighted by Crippen LogP contribution is -2.50. The van der Waals surface area contributed by atoms with E-state index in [1.54, 1.807) is 0 Å². The summed E-state index contributed by atoms with van der Waals surface area (Å²) in [7, 11) is 6.06. The van der Waals surface area contributed by atoms with Crippen LogP contribution < -0.4 is 9.47 Å². The molecule has 1 spiro atoms. The van der Waals surface area contributed by atoms with Gasteiger partial charge in [-0.25, -0.2) is 0 Å². The molecule has 2 aromatic rings. The van der Waals surface area contributed by atoms with Crippen molar-refractivity contribution in [3.63, 3.8) is 0 Å². The largest absolute Gasteiger partial charge is 0.492 e. The molecule has 2 heterocycles. The van der Waals surface area contributed by atoms with E-state index in [4.69, 9.17) is 9.47 Å². The van der Waals surface area contributed by atoms with E-state index in [1.807, 2.05) is 30.1 Å². The summed E-state index contributed by atoms with van der Waals surface area (Å²) in [5, 5.41) is 0. The van der Waals surface area contributed by atoms with Crippen LogP contribution in [-0.4, -0.2) is 81.1 Å². The Balaban J connectivity index is 1.36. The van der Waals surface area contributed by atoms with Gasteiger partial charge in [0.1, 0.15) is 24.7 Å². The number of fused-ring (bicyclic) bond motifs is 1. The number of piperidine rings is 1. The average molecular weight is 494 g/mol. The molecule has 2 aliphatic rings. The number of carbonyl (C=O) groups excluding carboxylic acids is 1. The lowest BCUT2D eigenvalue weighted by atomic mass is 9.73. The topological polar surface area (TPSA) is 45.2 Å². The van der Waals surface area contributed by atoms with Gasteiger partial charge in [-0.15, -0.1) is 0 Å². The number of aryl methyl sites for hydroxylation is 1. The number of hydrogen-bond acceptors (Lipinski definition) is 5. The minimum absolute atomic E-state index is 0.249. The van der Waals surface area contributed by atoms with Gasteiger partial charge in [-0.2, -0.15) is 0 Å². The monoisotopic (exact) mass is 493 g/mol. The third kappa shape index (κ3) is 7.01. The summed E-state index contributed by atoms with van der Waals surface area (Å²) in [4.78, 5) is 20.2. The fraction of sp³-hybridized carbons (Fsp3) is 0.567. The number of likely N-dealkylation sites (N-methyl/N-ethyl adjacent to an activating group) is 2. The SMILES string of the molecule is CN(C)CCOc1cccc(CN2CCC3(CCCCc4ccccc4OCCN(C)C3=O)CC2)c1. The van der Waals surface area contributed by atoms with Crippen molar-refractivity contribution in [2.45, 2.75) is 45.1 Å². The van der Waals surface area contributed by atoms with E-state index in [9.17, 15) is 4.79 Å². The summed E-state index contributed by atoms with van der Waals surface area (Å²) in [6.07, 6.45) is 5.99. The molecule has 2 aliphatic heterocycles. The molecule has 0 radical (unpaired) electrons. The van der Waals surface area contributed by atoms with Crippen molar-refractivity contribution in [2.75, 3.05) is 60.5 Å². The van der Waals surface area contributed by atoms with Gasteiger partial charge in [-0.1, -0.05) is 36.8 Å². The van der Waals surface area contributed by atoms with Gasteiger partial charge in [-0.05, 0) is 88.6 Å². The standard InChI is InChI=1S/C30H43N3O3/c1-31(2)19-21-35-27-12-8-9-25(23-27)24-33-17-15-30(16-18-33)14-7-6-11-26-10-4-5-13-28(26)36-22-20-32(3)29(30)34/h4-5,8-10,12-13,23H,6-7,11,14-22,24H2,1-3H3. The van der Waals surface area contributed by atoms with Gasteiger partial charge in [0, 0.05) is 20.1 Å². The maximum Gasteiger partial charge on any atom is 0.228 e. The summed E-state index contributed by atoms with van der Waals surface area (Å²) < 4.78 is 12.0. The van der Waals surface area contributed by atoms with Crippen molar-refractivity contribution in [3.8, 4) is 11.5 Å². The molecule has 196 valence electrons. The predicted octanol–water partition coefficient (Wildman–Crippen LogP) is 4.47. The molecule has 6 heteroatoms. The van der Waals surface area contributed by atoms with E-state index in [0.717, 1.165) is 76.2 Å². The van der Waals surface area contributed by atoms with E-state index < -0.39 is 0 Å². The molecule has 0 atom stereocenters. The Labute approximate surface area is 217 Å². The van der Waals surface area contributed by atoms with Crippen LogP contribution in [0.25, 0.3) is 0 Å². The fourth-order valence-corrected chi connectivity index (χ4v) is 5.48. The van der Waals surface area contributed by atoms with Crippen molar-refractivity contribution in [1.29, 1.82) is 0 Å². The molecule has 1 amide bonds. The first-order valence-electron chi connectivity index (χ1n) is 13.5. The highest BCUT2D eigenvalue weighted by Gasteiger charge is 2.42. The number of benzene rings is 2. The number of amides is 1. The number of hydrogen-bond donors (Lipinski definition) is 0. The highest BCUT2D eigenvalue weighted by atomic mass is 16.5. The van der Waals surface area contributed by atoms with Crippen LogP contribution >= 0.6 is 0 Å². The maximum absolute atomic E-state index is 13.7.